The number of carbonyl (C=O) groups excluding carboxylic acids is 1. The number of carbonyl (C=O) groups is 1. The Bertz CT molecular complexity index is 958. The fourth-order valence-corrected chi connectivity index (χ4v) is 3.39. The lowest BCUT2D eigenvalue weighted by atomic mass is 10.3. The van der Waals surface area contributed by atoms with Crippen LogP contribution in [0.1, 0.15) is 21.1 Å². The summed E-state index contributed by atoms with van der Waals surface area (Å²) in [7, 11) is 0. The first kappa shape index (κ1) is 15.0. The highest BCUT2D eigenvalue weighted by molar-refractivity contribution is 7.17. The van der Waals surface area contributed by atoms with E-state index in [1.165, 1.54) is 32.7 Å². The zero-order valence-corrected chi connectivity index (χ0v) is 13.5. The minimum Gasteiger partial charge on any atom is -0.364 e. The topological polar surface area (TPSA) is 95.3 Å². The number of hydrogen-bond acceptors (Lipinski definition) is 5. The van der Waals surface area contributed by atoms with Gasteiger partial charge in [0.25, 0.3) is 11.5 Å². The normalized spacial score (nSPS) is 11.2. The summed E-state index contributed by atoms with van der Waals surface area (Å²) in [6.07, 6.45) is 1.41. The lowest BCUT2D eigenvalue weighted by Crippen LogP contribution is -2.23. The SMILES string of the molecule is Cc1sc2nc(Cn3ncc(Cl)c3Cl)cc(=O)n2c1C(N)=O. The third-order valence-corrected chi connectivity index (χ3v) is 4.75. The fourth-order valence-electron chi connectivity index (χ4n) is 2.10. The number of nitrogens with two attached hydrogens (primary N) is 1. The Balaban J connectivity index is 2.12. The molecule has 0 spiro atoms. The molecule has 3 aromatic heterocycles. The van der Waals surface area contributed by atoms with E-state index in [0.717, 1.165) is 0 Å². The molecule has 1 amide bonds. The van der Waals surface area contributed by atoms with E-state index < -0.39 is 5.91 Å². The summed E-state index contributed by atoms with van der Waals surface area (Å²) in [4.78, 5) is 29.1. The summed E-state index contributed by atoms with van der Waals surface area (Å²) in [5, 5.41) is 4.59. The lowest BCUT2D eigenvalue weighted by Gasteiger charge is -2.03. The molecule has 0 saturated carbocycles. The van der Waals surface area contributed by atoms with Crippen molar-refractivity contribution in [2.75, 3.05) is 0 Å². The van der Waals surface area contributed by atoms with E-state index in [9.17, 15) is 9.59 Å². The van der Waals surface area contributed by atoms with E-state index >= 15 is 0 Å². The Kier molecular flexibility index (Phi) is 3.67. The van der Waals surface area contributed by atoms with E-state index in [1.807, 2.05) is 0 Å². The van der Waals surface area contributed by atoms with Crippen molar-refractivity contribution in [3.8, 4) is 0 Å². The fraction of sp³-hybridized carbons (Fsp3) is 0.167. The Morgan fingerprint density at radius 1 is 1.45 bits per heavy atom. The quantitative estimate of drug-likeness (QED) is 0.771. The van der Waals surface area contributed by atoms with Crippen molar-refractivity contribution < 1.29 is 4.79 Å². The molecule has 0 aromatic carbocycles. The van der Waals surface area contributed by atoms with E-state index in [1.54, 1.807) is 6.92 Å². The molecular weight excluding hydrogens is 349 g/mol. The third-order valence-electron chi connectivity index (χ3n) is 3.02. The second-order valence-corrected chi connectivity index (χ2v) is 6.46. The first-order valence-electron chi connectivity index (χ1n) is 6.07. The van der Waals surface area contributed by atoms with Crippen molar-refractivity contribution in [2.45, 2.75) is 13.5 Å². The van der Waals surface area contributed by atoms with Crippen molar-refractivity contribution >= 4 is 45.4 Å². The third kappa shape index (κ3) is 2.39. The molecule has 0 unspecified atom stereocenters. The van der Waals surface area contributed by atoms with Crippen LogP contribution in [0.3, 0.4) is 0 Å². The zero-order valence-electron chi connectivity index (χ0n) is 11.2. The molecular formula is C12H9Cl2N5O2S. The second-order valence-electron chi connectivity index (χ2n) is 4.52. The predicted molar refractivity (Wildman–Crippen MR) is 83.9 cm³/mol. The Morgan fingerprint density at radius 3 is 2.77 bits per heavy atom. The molecule has 3 rings (SSSR count). The van der Waals surface area contributed by atoms with Gasteiger partial charge in [-0.1, -0.05) is 23.2 Å². The highest BCUT2D eigenvalue weighted by Crippen LogP contribution is 2.22. The molecule has 0 aliphatic carbocycles. The maximum atomic E-state index is 12.3. The van der Waals surface area contributed by atoms with Gasteiger partial charge in [-0.25, -0.2) is 14.1 Å². The van der Waals surface area contributed by atoms with E-state index in [2.05, 4.69) is 10.1 Å². The maximum absolute atomic E-state index is 12.3. The molecule has 3 heterocycles. The summed E-state index contributed by atoms with van der Waals surface area (Å²) in [5.74, 6) is -0.665. The summed E-state index contributed by atoms with van der Waals surface area (Å²) in [6.45, 7) is 1.91. The molecule has 3 aromatic rings. The molecule has 22 heavy (non-hydrogen) atoms. The van der Waals surface area contributed by atoms with Gasteiger partial charge in [-0.05, 0) is 6.92 Å². The van der Waals surface area contributed by atoms with Gasteiger partial charge in [0.1, 0.15) is 10.8 Å². The number of hydrogen-bond donors (Lipinski definition) is 1. The van der Waals surface area contributed by atoms with Gasteiger partial charge in [-0.15, -0.1) is 11.3 Å². The van der Waals surface area contributed by atoms with E-state index in [0.29, 0.717) is 20.6 Å². The van der Waals surface area contributed by atoms with Gasteiger partial charge in [0.05, 0.1) is 23.5 Å². The number of amides is 1. The molecule has 10 heteroatoms. The summed E-state index contributed by atoms with van der Waals surface area (Å²) in [5.41, 5.74) is 5.55. The number of rotatable bonds is 3. The van der Waals surface area contributed by atoms with Crippen LogP contribution in [0.5, 0.6) is 0 Å². The molecule has 7 nitrogen and oxygen atoms in total. The number of thiazole rings is 1. The predicted octanol–water partition coefficient (Wildman–Crippen LogP) is 1.71. The molecule has 0 saturated heterocycles. The van der Waals surface area contributed by atoms with E-state index in [4.69, 9.17) is 28.9 Å². The number of aryl methyl sites for hydroxylation is 1. The van der Waals surface area contributed by atoms with Crippen LogP contribution < -0.4 is 11.3 Å². The molecule has 0 radical (unpaired) electrons. The Labute approximate surface area is 137 Å². The van der Waals surface area contributed by atoms with Gasteiger partial charge in [-0.3, -0.25) is 9.59 Å². The van der Waals surface area contributed by atoms with E-state index in [-0.39, 0.29) is 23.0 Å². The monoisotopic (exact) mass is 357 g/mol. The van der Waals surface area contributed by atoms with Crippen molar-refractivity contribution in [1.29, 1.82) is 0 Å². The first-order chi connectivity index (χ1) is 10.4. The molecule has 0 aliphatic heterocycles. The van der Waals surface area contributed by atoms with Gasteiger partial charge in [0.15, 0.2) is 4.96 Å². The van der Waals surface area contributed by atoms with Gasteiger partial charge < -0.3 is 5.73 Å². The number of fused-ring (bicyclic) bond motifs is 1. The molecule has 0 atom stereocenters. The first-order valence-corrected chi connectivity index (χ1v) is 7.64. The van der Waals surface area contributed by atoms with Gasteiger partial charge in [0.2, 0.25) is 0 Å². The summed E-state index contributed by atoms with van der Waals surface area (Å²) in [6, 6.07) is 1.32. The Morgan fingerprint density at radius 2 is 2.18 bits per heavy atom. The molecule has 114 valence electrons. The highest BCUT2D eigenvalue weighted by Gasteiger charge is 2.17. The van der Waals surface area contributed by atoms with Gasteiger partial charge >= 0.3 is 0 Å². The molecule has 0 fully saturated rings. The van der Waals surface area contributed by atoms with Crippen LogP contribution in [0.4, 0.5) is 0 Å². The zero-order chi connectivity index (χ0) is 16.0. The maximum Gasteiger partial charge on any atom is 0.266 e. The molecule has 0 aliphatic rings. The van der Waals surface area contributed by atoms with Gasteiger partial charge in [0, 0.05) is 10.9 Å². The van der Waals surface area contributed by atoms with Crippen LogP contribution in [-0.4, -0.2) is 25.1 Å². The minimum absolute atomic E-state index is 0.157. The van der Waals surface area contributed by atoms with Gasteiger partial charge in [-0.2, -0.15) is 5.10 Å². The van der Waals surface area contributed by atoms with Crippen LogP contribution >= 0.6 is 34.5 Å². The van der Waals surface area contributed by atoms with Crippen LogP contribution in [0.25, 0.3) is 4.96 Å². The largest absolute Gasteiger partial charge is 0.364 e. The number of nitrogens with zero attached hydrogens (tertiary/aromatic N) is 4. The van der Waals surface area contributed by atoms with Crippen LogP contribution in [0.15, 0.2) is 17.1 Å². The van der Waals surface area contributed by atoms with Crippen molar-refractivity contribution in [3.05, 3.63) is 49.1 Å². The number of halogens is 2. The average molecular weight is 358 g/mol. The average Bonchev–Trinajstić information content (AvgIpc) is 2.93. The number of primary amides is 1. The highest BCUT2D eigenvalue weighted by atomic mass is 35.5. The van der Waals surface area contributed by atoms with Crippen LogP contribution in [0, 0.1) is 6.92 Å². The Hall–Kier alpha value is -1.90. The second kappa shape index (κ2) is 5.38. The van der Waals surface area contributed by atoms with Crippen LogP contribution in [0.2, 0.25) is 10.2 Å². The molecule has 2 N–H and O–H groups in total. The lowest BCUT2D eigenvalue weighted by molar-refractivity contribution is 0.0994. The smallest absolute Gasteiger partial charge is 0.266 e. The van der Waals surface area contributed by atoms with Crippen molar-refractivity contribution in [1.82, 2.24) is 19.2 Å². The van der Waals surface area contributed by atoms with Crippen LogP contribution in [-0.2, 0) is 6.54 Å². The van der Waals surface area contributed by atoms with Crippen molar-refractivity contribution in [3.63, 3.8) is 0 Å². The van der Waals surface area contributed by atoms with Crippen molar-refractivity contribution in [2.24, 2.45) is 5.73 Å². The number of aromatic nitrogens is 4. The standard InChI is InChI=1S/C12H9Cl2N5O2S/c1-5-9(11(15)21)19-8(20)2-6(17-12(19)22-5)4-18-10(14)7(13)3-16-18/h2-3H,4H2,1H3,(H2,15,21). The molecule has 0 bridgehead atoms. The summed E-state index contributed by atoms with van der Waals surface area (Å²) < 4.78 is 2.64. The minimum atomic E-state index is -0.665. The summed E-state index contributed by atoms with van der Waals surface area (Å²) >= 11 is 13.0.